The van der Waals surface area contributed by atoms with Crippen LogP contribution in [0.1, 0.15) is 12.0 Å². The molecular formula is C21H25FN4O2. The highest BCUT2D eigenvalue weighted by Crippen LogP contribution is 2.20. The standard InChI is InChI=1S/C21H25FN4O2/c22-18-8-4-5-9-19(18)26-14-12-25(13-15-26)11-10-20(27)24-21(28)23-16-17-6-2-1-3-7-17/h1-9H,10-16H2,(H2,23,24,27,28). The van der Waals surface area contributed by atoms with E-state index in [0.717, 1.165) is 18.7 Å². The van der Waals surface area contributed by atoms with Crippen molar-refractivity contribution in [1.29, 1.82) is 0 Å². The summed E-state index contributed by atoms with van der Waals surface area (Å²) >= 11 is 0. The molecule has 0 radical (unpaired) electrons. The lowest BCUT2D eigenvalue weighted by molar-refractivity contribution is -0.120. The second-order valence-corrected chi connectivity index (χ2v) is 6.75. The highest BCUT2D eigenvalue weighted by Gasteiger charge is 2.20. The molecule has 3 amide bonds. The molecule has 2 N–H and O–H groups in total. The fourth-order valence-electron chi connectivity index (χ4n) is 3.19. The summed E-state index contributed by atoms with van der Waals surface area (Å²) in [5.74, 6) is -0.515. The van der Waals surface area contributed by atoms with Crippen molar-refractivity contribution >= 4 is 17.6 Å². The highest BCUT2D eigenvalue weighted by molar-refractivity contribution is 5.94. The van der Waals surface area contributed by atoms with Crippen molar-refractivity contribution < 1.29 is 14.0 Å². The third-order valence-electron chi connectivity index (χ3n) is 4.77. The van der Waals surface area contributed by atoms with Gasteiger partial charge in [-0.05, 0) is 17.7 Å². The molecule has 0 aromatic heterocycles. The van der Waals surface area contributed by atoms with Gasteiger partial charge in [-0.25, -0.2) is 9.18 Å². The molecular weight excluding hydrogens is 359 g/mol. The van der Waals surface area contributed by atoms with Crippen molar-refractivity contribution in [2.45, 2.75) is 13.0 Å². The molecule has 28 heavy (non-hydrogen) atoms. The lowest BCUT2D eigenvalue weighted by Crippen LogP contribution is -2.48. The summed E-state index contributed by atoms with van der Waals surface area (Å²) in [4.78, 5) is 28.0. The largest absolute Gasteiger partial charge is 0.367 e. The van der Waals surface area contributed by atoms with E-state index in [4.69, 9.17) is 0 Å². The minimum Gasteiger partial charge on any atom is -0.367 e. The number of nitrogens with one attached hydrogen (secondary N) is 2. The number of imide groups is 1. The van der Waals surface area contributed by atoms with Gasteiger partial charge in [0.1, 0.15) is 5.82 Å². The second kappa shape index (κ2) is 9.85. The third kappa shape index (κ3) is 5.79. The van der Waals surface area contributed by atoms with E-state index >= 15 is 0 Å². The maximum absolute atomic E-state index is 13.9. The molecule has 1 fully saturated rings. The SMILES string of the molecule is O=C(CCN1CCN(c2ccccc2F)CC1)NC(=O)NCc1ccccc1. The molecule has 0 saturated carbocycles. The van der Waals surface area contributed by atoms with E-state index in [1.165, 1.54) is 6.07 Å². The number of benzene rings is 2. The Balaban J connectivity index is 1.34. The Morgan fingerprint density at radius 1 is 0.929 bits per heavy atom. The van der Waals surface area contributed by atoms with Crippen molar-refractivity contribution in [3.63, 3.8) is 0 Å². The molecule has 148 valence electrons. The first-order valence-electron chi connectivity index (χ1n) is 9.45. The number of piperazine rings is 1. The highest BCUT2D eigenvalue weighted by atomic mass is 19.1. The predicted molar refractivity (Wildman–Crippen MR) is 106 cm³/mol. The lowest BCUT2D eigenvalue weighted by atomic mass is 10.2. The molecule has 1 aliphatic heterocycles. The minimum atomic E-state index is -0.488. The molecule has 7 heteroatoms. The molecule has 6 nitrogen and oxygen atoms in total. The van der Waals surface area contributed by atoms with Gasteiger partial charge < -0.3 is 10.2 Å². The van der Waals surface area contributed by atoms with Crippen LogP contribution in [0.15, 0.2) is 54.6 Å². The number of nitrogens with zero attached hydrogens (tertiary/aromatic N) is 2. The molecule has 0 atom stereocenters. The van der Waals surface area contributed by atoms with Crippen LogP contribution >= 0.6 is 0 Å². The number of amides is 3. The van der Waals surface area contributed by atoms with Gasteiger partial charge >= 0.3 is 6.03 Å². The van der Waals surface area contributed by atoms with Crippen molar-refractivity contribution in [3.8, 4) is 0 Å². The van der Waals surface area contributed by atoms with Gasteiger partial charge in [0.15, 0.2) is 0 Å². The zero-order chi connectivity index (χ0) is 19.8. The zero-order valence-electron chi connectivity index (χ0n) is 15.7. The molecule has 1 aliphatic rings. The summed E-state index contributed by atoms with van der Waals surface area (Å²) in [5.41, 5.74) is 1.59. The number of halogens is 1. The first kappa shape index (κ1) is 19.8. The van der Waals surface area contributed by atoms with Crippen LogP contribution in [0.2, 0.25) is 0 Å². The number of carbonyl (C=O) groups excluding carboxylic acids is 2. The van der Waals surface area contributed by atoms with E-state index in [1.807, 2.05) is 41.3 Å². The van der Waals surface area contributed by atoms with Crippen molar-refractivity contribution in [2.75, 3.05) is 37.6 Å². The number of carbonyl (C=O) groups is 2. The first-order valence-corrected chi connectivity index (χ1v) is 9.45. The van der Waals surface area contributed by atoms with E-state index in [2.05, 4.69) is 15.5 Å². The number of urea groups is 1. The molecule has 3 rings (SSSR count). The molecule has 0 spiro atoms. The number of para-hydroxylation sites is 1. The van der Waals surface area contributed by atoms with Crippen LogP contribution in [-0.4, -0.2) is 49.6 Å². The van der Waals surface area contributed by atoms with Crippen LogP contribution in [0.5, 0.6) is 0 Å². The van der Waals surface area contributed by atoms with Crippen molar-refractivity contribution in [1.82, 2.24) is 15.5 Å². The maximum atomic E-state index is 13.9. The summed E-state index contributed by atoms with van der Waals surface area (Å²) in [6.45, 7) is 3.87. The van der Waals surface area contributed by atoms with Crippen molar-refractivity contribution in [2.24, 2.45) is 0 Å². The molecule has 0 unspecified atom stereocenters. The van der Waals surface area contributed by atoms with Crippen LogP contribution in [0.25, 0.3) is 0 Å². The first-order chi connectivity index (χ1) is 13.6. The van der Waals surface area contributed by atoms with Gasteiger partial charge in [-0.2, -0.15) is 0 Å². The molecule has 2 aromatic carbocycles. The van der Waals surface area contributed by atoms with Gasteiger partial charge in [-0.15, -0.1) is 0 Å². The Morgan fingerprint density at radius 2 is 1.61 bits per heavy atom. The summed E-state index contributed by atoms with van der Waals surface area (Å²) in [6.07, 6.45) is 0.248. The fourth-order valence-corrected chi connectivity index (χ4v) is 3.19. The van der Waals surface area contributed by atoms with Gasteiger partial charge in [0.2, 0.25) is 5.91 Å². The fraction of sp³-hybridized carbons (Fsp3) is 0.333. The quantitative estimate of drug-likeness (QED) is 0.803. The second-order valence-electron chi connectivity index (χ2n) is 6.75. The third-order valence-corrected chi connectivity index (χ3v) is 4.77. The van der Waals surface area contributed by atoms with Gasteiger partial charge in [0.25, 0.3) is 0 Å². The maximum Gasteiger partial charge on any atom is 0.321 e. The lowest BCUT2D eigenvalue weighted by Gasteiger charge is -2.36. The van der Waals surface area contributed by atoms with E-state index in [-0.39, 0.29) is 18.1 Å². The Bertz CT molecular complexity index is 792. The van der Waals surface area contributed by atoms with Crippen LogP contribution in [-0.2, 0) is 11.3 Å². The summed E-state index contributed by atoms with van der Waals surface area (Å²) in [5, 5.41) is 5.03. The number of hydrogen-bond acceptors (Lipinski definition) is 4. The normalized spacial score (nSPS) is 14.5. The number of anilines is 1. The van der Waals surface area contributed by atoms with Gasteiger partial charge in [0.05, 0.1) is 5.69 Å². The van der Waals surface area contributed by atoms with Crippen LogP contribution in [0.3, 0.4) is 0 Å². The predicted octanol–water partition coefficient (Wildman–Crippen LogP) is 2.36. The van der Waals surface area contributed by atoms with Gasteiger partial charge in [-0.3, -0.25) is 15.0 Å². The van der Waals surface area contributed by atoms with E-state index < -0.39 is 6.03 Å². The number of hydrogen-bond donors (Lipinski definition) is 2. The molecule has 1 heterocycles. The van der Waals surface area contributed by atoms with E-state index in [9.17, 15) is 14.0 Å². The van der Waals surface area contributed by atoms with E-state index in [0.29, 0.717) is 31.9 Å². The zero-order valence-corrected chi connectivity index (χ0v) is 15.7. The van der Waals surface area contributed by atoms with Crippen LogP contribution in [0, 0.1) is 5.82 Å². The molecule has 1 saturated heterocycles. The average Bonchev–Trinajstić information content (AvgIpc) is 2.72. The summed E-state index contributed by atoms with van der Waals surface area (Å²) < 4.78 is 13.9. The van der Waals surface area contributed by atoms with Crippen molar-refractivity contribution in [3.05, 3.63) is 66.0 Å². The Labute approximate surface area is 164 Å². The molecule has 0 bridgehead atoms. The van der Waals surface area contributed by atoms with Gasteiger partial charge in [-0.1, -0.05) is 42.5 Å². The van der Waals surface area contributed by atoms with Crippen LogP contribution < -0.4 is 15.5 Å². The van der Waals surface area contributed by atoms with Gasteiger partial charge in [0, 0.05) is 45.7 Å². The van der Waals surface area contributed by atoms with E-state index in [1.54, 1.807) is 12.1 Å². The topological polar surface area (TPSA) is 64.7 Å². The minimum absolute atomic E-state index is 0.211. The number of rotatable bonds is 6. The summed E-state index contributed by atoms with van der Waals surface area (Å²) in [7, 11) is 0. The Morgan fingerprint density at radius 3 is 2.32 bits per heavy atom. The molecule has 2 aromatic rings. The average molecular weight is 384 g/mol. The summed E-state index contributed by atoms with van der Waals surface area (Å²) in [6, 6.07) is 15.8. The van der Waals surface area contributed by atoms with Crippen LogP contribution in [0.4, 0.5) is 14.9 Å². The monoisotopic (exact) mass is 384 g/mol. The smallest absolute Gasteiger partial charge is 0.321 e. The molecule has 0 aliphatic carbocycles. The Kier molecular flexibility index (Phi) is 6.97. The Hall–Kier alpha value is -2.93.